The molecule has 164 valence electrons. The first kappa shape index (κ1) is 23.0. The van der Waals surface area contributed by atoms with Crippen LogP contribution in [0.1, 0.15) is 16.7 Å². The van der Waals surface area contributed by atoms with Gasteiger partial charge in [0.25, 0.3) is 0 Å². The lowest BCUT2D eigenvalue weighted by atomic mass is 10.1. The Morgan fingerprint density at radius 3 is 1.65 bits per heavy atom. The van der Waals surface area contributed by atoms with Gasteiger partial charge in [-0.2, -0.15) is 13.2 Å². The highest BCUT2D eigenvalue weighted by Crippen LogP contribution is 2.40. The normalized spacial score (nSPS) is 11.3. The van der Waals surface area contributed by atoms with Crippen LogP contribution < -0.4 is 14.4 Å². The van der Waals surface area contributed by atoms with Crippen molar-refractivity contribution in [1.29, 1.82) is 0 Å². The molecule has 31 heavy (non-hydrogen) atoms. The summed E-state index contributed by atoms with van der Waals surface area (Å²) in [5.41, 5.74) is 0.667. The third-order valence-corrected chi connectivity index (χ3v) is 5.16. The third kappa shape index (κ3) is 5.74. The highest BCUT2D eigenvalue weighted by molar-refractivity contribution is 6.35. The highest BCUT2D eigenvalue weighted by Gasteiger charge is 2.37. The van der Waals surface area contributed by atoms with E-state index in [0.717, 1.165) is 11.1 Å². The van der Waals surface area contributed by atoms with Crippen molar-refractivity contribution in [3.63, 3.8) is 0 Å². The molecule has 0 radical (unpaired) electrons. The molecule has 1 heterocycles. The van der Waals surface area contributed by atoms with Crippen molar-refractivity contribution in [1.82, 2.24) is 4.98 Å². The number of rotatable bonds is 7. The van der Waals surface area contributed by atoms with Crippen LogP contribution in [-0.2, 0) is 19.3 Å². The number of alkyl halides is 3. The number of ether oxygens (including phenoxy) is 2. The van der Waals surface area contributed by atoms with Crippen LogP contribution in [-0.4, -0.2) is 19.2 Å². The Morgan fingerprint density at radius 2 is 1.29 bits per heavy atom. The standard InChI is InChI=1S/C22H19Cl2F3N2O2/c1-30-16-7-3-14(4-8-16)12-29(13-15-5-9-17(31-2)10-6-15)19-11-18(23)20(21(24)28-19)22(25,26)27/h3-11H,12-13H2,1-2H3. The molecular weight excluding hydrogens is 452 g/mol. The fraction of sp³-hybridized carbons (Fsp3) is 0.227. The fourth-order valence-corrected chi connectivity index (χ4v) is 3.65. The third-order valence-electron chi connectivity index (χ3n) is 4.59. The molecule has 0 aliphatic rings. The molecule has 4 nitrogen and oxygen atoms in total. The maximum atomic E-state index is 13.2. The number of hydrogen-bond acceptors (Lipinski definition) is 4. The summed E-state index contributed by atoms with van der Waals surface area (Å²) in [6.45, 7) is 0.724. The second-order valence-electron chi connectivity index (χ2n) is 6.68. The molecule has 1 aromatic heterocycles. The molecule has 0 spiro atoms. The van der Waals surface area contributed by atoms with Crippen LogP contribution in [0.5, 0.6) is 11.5 Å². The minimum Gasteiger partial charge on any atom is -0.497 e. The van der Waals surface area contributed by atoms with Crippen molar-refractivity contribution in [3.8, 4) is 11.5 Å². The van der Waals surface area contributed by atoms with Gasteiger partial charge in [-0.25, -0.2) is 4.98 Å². The Hall–Kier alpha value is -2.64. The van der Waals surface area contributed by atoms with Gasteiger partial charge >= 0.3 is 6.18 Å². The first-order chi connectivity index (χ1) is 14.7. The first-order valence-corrected chi connectivity index (χ1v) is 9.91. The van der Waals surface area contributed by atoms with Gasteiger partial charge in [-0.15, -0.1) is 0 Å². The zero-order chi connectivity index (χ0) is 22.6. The Bertz CT molecular complexity index is 954. The van der Waals surface area contributed by atoms with Gasteiger partial charge in [-0.3, -0.25) is 0 Å². The zero-order valence-corrected chi connectivity index (χ0v) is 18.2. The molecule has 3 rings (SSSR count). The topological polar surface area (TPSA) is 34.6 Å². The molecule has 3 aromatic rings. The second-order valence-corrected chi connectivity index (χ2v) is 7.44. The van der Waals surface area contributed by atoms with E-state index in [1.165, 1.54) is 6.07 Å². The van der Waals surface area contributed by atoms with Crippen LogP contribution in [0.3, 0.4) is 0 Å². The molecule has 2 aromatic carbocycles. The molecule has 0 aliphatic carbocycles. The number of hydrogen-bond donors (Lipinski definition) is 0. The van der Waals surface area contributed by atoms with E-state index in [1.807, 2.05) is 24.3 Å². The average molecular weight is 471 g/mol. The van der Waals surface area contributed by atoms with E-state index in [0.29, 0.717) is 24.6 Å². The van der Waals surface area contributed by atoms with Crippen molar-refractivity contribution >= 4 is 29.0 Å². The molecule has 9 heteroatoms. The van der Waals surface area contributed by atoms with Gasteiger partial charge in [0.1, 0.15) is 28.0 Å². The summed E-state index contributed by atoms with van der Waals surface area (Å²) in [5.74, 6) is 1.63. The number of nitrogens with zero attached hydrogens (tertiary/aromatic N) is 2. The van der Waals surface area contributed by atoms with E-state index in [-0.39, 0.29) is 5.82 Å². The van der Waals surface area contributed by atoms with Gasteiger partial charge in [-0.1, -0.05) is 47.5 Å². The van der Waals surface area contributed by atoms with Crippen LogP contribution in [0.25, 0.3) is 0 Å². The van der Waals surface area contributed by atoms with E-state index >= 15 is 0 Å². The van der Waals surface area contributed by atoms with Crippen molar-refractivity contribution in [2.45, 2.75) is 19.3 Å². The molecule has 0 atom stereocenters. The van der Waals surface area contributed by atoms with Crippen molar-refractivity contribution < 1.29 is 22.6 Å². The summed E-state index contributed by atoms with van der Waals surface area (Å²) in [7, 11) is 3.14. The minimum atomic E-state index is -4.70. The van der Waals surface area contributed by atoms with Gasteiger partial charge < -0.3 is 14.4 Å². The maximum absolute atomic E-state index is 13.2. The van der Waals surface area contributed by atoms with Crippen molar-refractivity contribution in [2.75, 3.05) is 19.1 Å². The molecule has 0 amide bonds. The smallest absolute Gasteiger partial charge is 0.420 e. The SMILES string of the molecule is COc1ccc(CN(Cc2ccc(OC)cc2)c2cc(Cl)c(C(F)(F)F)c(Cl)n2)cc1. The second kappa shape index (κ2) is 9.66. The maximum Gasteiger partial charge on any atom is 0.420 e. The first-order valence-electron chi connectivity index (χ1n) is 9.15. The Balaban J connectivity index is 1.97. The van der Waals surface area contributed by atoms with Crippen molar-refractivity contribution in [2.24, 2.45) is 0 Å². The number of benzene rings is 2. The molecule has 0 saturated heterocycles. The monoisotopic (exact) mass is 470 g/mol. The highest BCUT2D eigenvalue weighted by atomic mass is 35.5. The number of halogens is 5. The Morgan fingerprint density at radius 1 is 0.839 bits per heavy atom. The van der Waals surface area contributed by atoms with E-state index < -0.39 is 21.9 Å². The van der Waals surface area contributed by atoms with Crippen LogP contribution >= 0.6 is 23.2 Å². The van der Waals surface area contributed by atoms with E-state index in [4.69, 9.17) is 32.7 Å². The van der Waals surface area contributed by atoms with Crippen LogP contribution in [0.15, 0.2) is 54.6 Å². The summed E-state index contributed by atoms with van der Waals surface area (Å²) >= 11 is 11.8. The molecule has 0 aliphatic heterocycles. The molecular formula is C22H19Cl2F3N2O2. The van der Waals surface area contributed by atoms with Crippen molar-refractivity contribution in [3.05, 3.63) is 81.5 Å². The summed E-state index contributed by atoms with van der Waals surface area (Å²) in [6, 6.07) is 15.9. The molecule has 0 unspecified atom stereocenters. The fourth-order valence-electron chi connectivity index (χ4n) is 3.01. The number of pyridine rings is 1. The van der Waals surface area contributed by atoms with Gasteiger partial charge in [-0.05, 0) is 35.4 Å². The Kier molecular flexibility index (Phi) is 7.18. The lowest BCUT2D eigenvalue weighted by molar-refractivity contribution is -0.137. The minimum absolute atomic E-state index is 0.231. The van der Waals surface area contributed by atoms with Gasteiger partial charge in [0, 0.05) is 19.2 Å². The van der Waals surface area contributed by atoms with Crippen LogP contribution in [0.2, 0.25) is 10.2 Å². The predicted molar refractivity (Wildman–Crippen MR) is 115 cm³/mol. The molecule has 0 N–H and O–H groups in total. The van der Waals surface area contributed by atoms with Crippen LogP contribution in [0, 0.1) is 0 Å². The van der Waals surface area contributed by atoms with Crippen LogP contribution in [0.4, 0.5) is 19.0 Å². The van der Waals surface area contributed by atoms with E-state index in [9.17, 15) is 13.2 Å². The number of methoxy groups -OCH3 is 2. The van der Waals surface area contributed by atoms with Gasteiger partial charge in [0.05, 0.1) is 19.2 Å². The molecule has 0 fully saturated rings. The lowest BCUT2D eigenvalue weighted by Crippen LogP contribution is -2.24. The average Bonchev–Trinajstić information content (AvgIpc) is 2.72. The van der Waals surface area contributed by atoms with Gasteiger partial charge in [0.15, 0.2) is 0 Å². The predicted octanol–water partition coefficient (Wildman–Crippen LogP) is 6.63. The number of aromatic nitrogens is 1. The Labute approximate surface area is 188 Å². The quantitative estimate of drug-likeness (QED) is 0.363. The summed E-state index contributed by atoms with van der Waals surface area (Å²) in [6.07, 6.45) is -4.70. The molecule has 0 saturated carbocycles. The summed E-state index contributed by atoms with van der Waals surface area (Å²) in [4.78, 5) is 5.79. The zero-order valence-electron chi connectivity index (χ0n) is 16.7. The van der Waals surface area contributed by atoms with Gasteiger partial charge in [0.2, 0.25) is 0 Å². The lowest BCUT2D eigenvalue weighted by Gasteiger charge is -2.25. The van der Waals surface area contributed by atoms with E-state index in [2.05, 4.69) is 4.98 Å². The summed E-state index contributed by atoms with van der Waals surface area (Å²) in [5, 5.41) is -1.19. The largest absolute Gasteiger partial charge is 0.497 e. The summed E-state index contributed by atoms with van der Waals surface area (Å²) < 4.78 is 50.0. The number of anilines is 1. The molecule has 0 bridgehead atoms. The van der Waals surface area contributed by atoms with E-state index in [1.54, 1.807) is 43.4 Å².